The van der Waals surface area contributed by atoms with Crippen LogP contribution >= 0.6 is 11.8 Å². The Kier molecular flexibility index (Phi) is 26.6. The zero-order valence-electron chi connectivity index (χ0n) is 48.5. The molecular weight excluding hydrogens is 1010 g/mol. The van der Waals surface area contributed by atoms with Crippen molar-refractivity contribution in [3.05, 3.63) is 65.0 Å². The number of aryl methyl sites for hydroxylation is 1. The molecule has 1 aromatic rings. The number of hydrogen-bond acceptors (Lipinski definition) is 17. The minimum atomic E-state index is -1.28. The molecule has 3 heterocycles. The zero-order valence-corrected chi connectivity index (χ0v) is 49.3. The van der Waals surface area contributed by atoms with E-state index in [9.17, 15) is 20.4 Å². The Hall–Kier alpha value is -3.40. The van der Waals surface area contributed by atoms with Gasteiger partial charge in [0.2, 0.25) is 12.2 Å². The molecule has 2 aliphatic heterocycles. The van der Waals surface area contributed by atoms with E-state index in [2.05, 4.69) is 82.7 Å². The average Bonchev–Trinajstić information content (AvgIpc) is 4.06. The minimum absolute atomic E-state index is 0.0483. The molecule has 0 spiro atoms. The Balaban J connectivity index is 0.000000226. The van der Waals surface area contributed by atoms with E-state index in [1.54, 1.807) is 44.7 Å². The summed E-state index contributed by atoms with van der Waals surface area (Å²) >= 11 is 1.79. The molecule has 6 aliphatic rings. The number of nitrogens with two attached hydrogens (primary N) is 3. The minimum Gasteiger partial charge on any atom is -0.467 e. The standard InChI is InChI=1S/C27H44O.C21H41N5O7.C10H16N6S/c1-19(2)8-6-9-21(4)25-15-16-26-22(10-7-17-27(25,26)5)12-13-23-18-24(28)14-11-20(23)3;1-4-26-13-7-12(24)16(32-19-11(23)6-5-10(8-22)31-19)14(27)17(13)33-20-15(28)18(25-3)21(2,29)9-30-20;1-8-9(16-7-15-8)5-17-4-3-13-10(12-2)14-6-11/h12-13,19,21,24-26,28H,3,6-11,14-18H2,1-2,4-5H3;5,11-20,25-29H,4,6-9,22-24H2,1-3H3;7H,3-5H2,1-2H3,(H,15,16)(H2,12,13,14)/b22-12+,23-13-;;/t21-,24+,25-,26+,27-;11?,12-,13+,14-,15+,16+,17-,18+,19?,20+,21-;/m10./s1. The van der Waals surface area contributed by atoms with Gasteiger partial charge in [-0.2, -0.15) is 17.0 Å². The van der Waals surface area contributed by atoms with Crippen LogP contribution in [0.15, 0.2) is 58.6 Å². The van der Waals surface area contributed by atoms with E-state index >= 15 is 0 Å². The highest BCUT2D eigenvalue weighted by atomic mass is 32.2. The average molecular weight is 1110 g/mol. The summed E-state index contributed by atoms with van der Waals surface area (Å²) in [6, 6.07) is -1.95. The van der Waals surface area contributed by atoms with Crippen molar-refractivity contribution in [3.63, 3.8) is 0 Å². The number of nitriles is 1. The largest absolute Gasteiger partial charge is 0.467 e. The summed E-state index contributed by atoms with van der Waals surface area (Å²) in [6.45, 7) is 21.2. The molecule has 78 heavy (non-hydrogen) atoms. The summed E-state index contributed by atoms with van der Waals surface area (Å²) in [5, 5.41) is 62.7. The molecule has 4 saturated carbocycles. The van der Waals surface area contributed by atoms with Crippen molar-refractivity contribution < 1.29 is 39.4 Å². The van der Waals surface area contributed by atoms with Gasteiger partial charge in [0.15, 0.2) is 12.5 Å². The van der Waals surface area contributed by atoms with Crippen LogP contribution in [0.2, 0.25) is 0 Å². The summed E-state index contributed by atoms with van der Waals surface area (Å²) in [4.78, 5) is 11.2. The fraction of sp³-hybridized carbons (Fsp3) is 0.776. The zero-order chi connectivity index (χ0) is 57.2. The Morgan fingerprint density at radius 2 is 1.83 bits per heavy atom. The number of aromatic nitrogens is 2. The number of H-pyrrole nitrogens is 1. The lowest BCUT2D eigenvalue weighted by Gasteiger charge is -2.49. The van der Waals surface area contributed by atoms with Gasteiger partial charge in [-0.1, -0.05) is 83.8 Å². The lowest BCUT2D eigenvalue weighted by Crippen LogP contribution is -2.69. The lowest BCUT2D eigenvalue weighted by molar-refractivity contribution is -0.304. The molecular formula is C58H101N11O8S. The first-order valence-electron chi connectivity index (χ1n) is 28.9. The lowest BCUT2D eigenvalue weighted by atomic mass is 9.60. The van der Waals surface area contributed by atoms with E-state index in [1.165, 1.54) is 62.5 Å². The number of rotatable bonds is 19. The number of imidazole rings is 1. The predicted molar refractivity (Wildman–Crippen MR) is 310 cm³/mol. The number of aliphatic imine (C=N–C) groups is 1. The molecule has 0 bridgehead atoms. The molecule has 1 aromatic heterocycles. The fourth-order valence-electron chi connectivity index (χ4n) is 12.7. The van der Waals surface area contributed by atoms with E-state index in [0.29, 0.717) is 36.5 Å². The maximum Gasteiger partial charge on any atom is 0.215 e. The molecule has 0 aromatic carbocycles. The fourth-order valence-corrected chi connectivity index (χ4v) is 13.6. The van der Waals surface area contributed by atoms with Crippen molar-refractivity contribution in [1.29, 1.82) is 5.26 Å². The van der Waals surface area contributed by atoms with Crippen LogP contribution in [0.3, 0.4) is 0 Å². The highest BCUT2D eigenvalue weighted by Crippen LogP contribution is 2.60. The second-order valence-electron chi connectivity index (χ2n) is 23.4. The second kappa shape index (κ2) is 31.7. The van der Waals surface area contributed by atoms with Crippen LogP contribution in [0.4, 0.5) is 0 Å². The number of likely N-dealkylation sites (N-methyl/N-ethyl adjacent to an activating group) is 2. The normalized spacial score (nSPS) is 35.6. The number of guanidine groups is 1. The number of nitrogens with one attached hydrogen (secondary N) is 5. The van der Waals surface area contributed by atoms with E-state index < -0.39 is 60.7 Å². The number of aliphatic hydroxyl groups is 4. The van der Waals surface area contributed by atoms with Crippen LogP contribution in [0, 0.1) is 47.5 Å². The molecule has 15 N–H and O–H groups in total. The van der Waals surface area contributed by atoms with Crippen LogP contribution < -0.4 is 38.5 Å². The first-order chi connectivity index (χ1) is 37.2. The van der Waals surface area contributed by atoms with Gasteiger partial charge < -0.3 is 77.5 Å². The summed E-state index contributed by atoms with van der Waals surface area (Å²) in [5.41, 5.74) is 23.9. The van der Waals surface area contributed by atoms with Crippen molar-refractivity contribution in [2.75, 3.05) is 46.1 Å². The van der Waals surface area contributed by atoms with E-state index in [0.717, 1.165) is 72.4 Å². The molecule has 2 unspecified atom stereocenters. The van der Waals surface area contributed by atoms with E-state index in [-0.39, 0.29) is 25.3 Å². The maximum atomic E-state index is 11.3. The second-order valence-corrected chi connectivity index (χ2v) is 24.5. The highest BCUT2D eigenvalue weighted by Gasteiger charge is 2.52. The third kappa shape index (κ3) is 18.0. The van der Waals surface area contributed by atoms with Crippen LogP contribution in [0.1, 0.15) is 136 Å². The number of hydrogen-bond donors (Lipinski definition) is 12. The third-order valence-corrected chi connectivity index (χ3v) is 18.1. The SMILES string of the molecule is C=C1CC[C@H](O)C/C1=C/C=C1\CCC[C@]2(C)[C@@H]([C@H](C)CCCC(C)C)CC[C@@H]12.CCN[C@@H]1C[C@H](N)[C@@H](OC2OC(CN)=CCC2N)[C@H](O)[C@H]1O[C@H]1OC[C@](C)(O)[C@H](NC)[C@H]1O.CN=C(NC#N)NCCSCc1nc[nH]c1C. The van der Waals surface area contributed by atoms with Crippen molar-refractivity contribution >= 4 is 17.7 Å². The van der Waals surface area contributed by atoms with E-state index in [1.807, 2.05) is 26.1 Å². The maximum absolute atomic E-state index is 11.3. The summed E-state index contributed by atoms with van der Waals surface area (Å²) in [6.07, 6.45) is 18.7. The predicted octanol–water partition coefficient (Wildman–Crippen LogP) is 5.02. The molecule has 0 radical (unpaired) electrons. The summed E-state index contributed by atoms with van der Waals surface area (Å²) < 4.78 is 23.6. The van der Waals surface area contributed by atoms with Gasteiger partial charge in [-0.3, -0.25) is 10.3 Å². The molecule has 5 fully saturated rings. The smallest absolute Gasteiger partial charge is 0.215 e. The Bertz CT molecular complexity index is 2170. The molecule has 7 rings (SSSR count). The summed E-state index contributed by atoms with van der Waals surface area (Å²) in [5.74, 6) is 6.26. The highest BCUT2D eigenvalue weighted by molar-refractivity contribution is 7.98. The third-order valence-electron chi connectivity index (χ3n) is 17.1. The molecule has 4 aliphatic carbocycles. The topological polar surface area (TPSA) is 309 Å². The number of ether oxygens (including phenoxy) is 4. The summed E-state index contributed by atoms with van der Waals surface area (Å²) in [7, 11) is 3.27. The quantitative estimate of drug-likeness (QED) is 0.0285. The van der Waals surface area contributed by atoms with Crippen LogP contribution in [0.5, 0.6) is 0 Å². The Labute approximate surface area is 470 Å². The number of thioether (sulfide) groups is 1. The Morgan fingerprint density at radius 1 is 1.08 bits per heavy atom. The monoisotopic (exact) mass is 1110 g/mol. The van der Waals surface area contributed by atoms with Gasteiger partial charge in [0.1, 0.15) is 35.8 Å². The number of aromatic amines is 1. The van der Waals surface area contributed by atoms with Gasteiger partial charge in [0.25, 0.3) is 0 Å². The number of nitrogens with zero attached hydrogens (tertiary/aromatic N) is 3. The van der Waals surface area contributed by atoms with Crippen molar-refractivity contribution in [3.8, 4) is 6.19 Å². The molecule has 0 amide bonds. The van der Waals surface area contributed by atoms with E-state index in [4.69, 9.17) is 41.4 Å². The van der Waals surface area contributed by atoms with Crippen molar-refractivity contribution in [2.45, 2.75) is 211 Å². The first-order valence-corrected chi connectivity index (χ1v) is 30.0. The number of fused-ring (bicyclic) bond motifs is 1. The number of allylic oxidation sites excluding steroid dienone is 4. The Morgan fingerprint density at radius 3 is 2.50 bits per heavy atom. The first kappa shape index (κ1) is 65.4. The van der Waals surface area contributed by atoms with Gasteiger partial charge in [-0.05, 0) is 132 Å². The van der Waals surface area contributed by atoms with Crippen LogP contribution in [-0.2, 0) is 24.7 Å². The van der Waals surface area contributed by atoms with Gasteiger partial charge >= 0.3 is 0 Å². The van der Waals surface area contributed by atoms with Gasteiger partial charge in [0, 0.05) is 42.9 Å². The molecule has 1 saturated heterocycles. The van der Waals surface area contributed by atoms with Gasteiger partial charge in [-0.15, -0.1) is 0 Å². The molecule has 442 valence electrons. The molecule has 16 atom stereocenters. The molecule has 19 nitrogen and oxygen atoms in total. The van der Waals surface area contributed by atoms with Crippen molar-refractivity contribution in [2.24, 2.45) is 51.3 Å². The van der Waals surface area contributed by atoms with Crippen molar-refractivity contribution in [1.82, 2.24) is 31.2 Å². The van der Waals surface area contributed by atoms with Crippen LogP contribution in [-0.4, -0.2) is 155 Å². The van der Waals surface area contributed by atoms with Gasteiger partial charge in [0.05, 0.1) is 43.4 Å². The van der Waals surface area contributed by atoms with Crippen LogP contribution in [0.25, 0.3) is 0 Å². The number of aliphatic hydroxyl groups excluding tert-OH is 3. The molecule has 20 heteroatoms. The van der Waals surface area contributed by atoms with Gasteiger partial charge in [-0.25, -0.2) is 4.98 Å².